The van der Waals surface area contributed by atoms with Crippen molar-refractivity contribution in [2.24, 2.45) is 11.1 Å². The molecule has 0 spiro atoms. The molecular weight excluding hydrogens is 332 g/mol. The van der Waals surface area contributed by atoms with Crippen LogP contribution in [0.2, 0.25) is 0 Å². The standard InChI is InChI=1S/C16H23BrN2O2/c1-16(2)10-19(7-6-14(16)18)15(20)9-11-8-12(17)4-5-13(11)21-3/h4-5,8,14H,6-7,9-10,18H2,1-3H3. The van der Waals surface area contributed by atoms with E-state index >= 15 is 0 Å². The maximum Gasteiger partial charge on any atom is 0.227 e. The second-order valence-electron chi connectivity index (χ2n) is 6.33. The Morgan fingerprint density at radius 1 is 1.52 bits per heavy atom. The molecule has 1 heterocycles. The molecule has 1 atom stereocenters. The molecule has 1 aromatic rings. The molecule has 1 saturated heterocycles. The van der Waals surface area contributed by atoms with Crippen LogP contribution in [0.3, 0.4) is 0 Å². The fourth-order valence-electron chi connectivity index (χ4n) is 2.75. The molecule has 0 saturated carbocycles. The van der Waals surface area contributed by atoms with Gasteiger partial charge in [-0.05, 0) is 30.0 Å². The molecule has 1 aromatic carbocycles. The van der Waals surface area contributed by atoms with Crippen LogP contribution in [0.4, 0.5) is 0 Å². The first-order chi connectivity index (χ1) is 9.83. The van der Waals surface area contributed by atoms with Crippen LogP contribution in [0.5, 0.6) is 5.75 Å². The van der Waals surface area contributed by atoms with Gasteiger partial charge in [0.2, 0.25) is 5.91 Å². The number of carbonyl (C=O) groups excluding carboxylic acids is 1. The van der Waals surface area contributed by atoms with Crippen molar-refractivity contribution in [3.05, 3.63) is 28.2 Å². The maximum absolute atomic E-state index is 12.6. The van der Waals surface area contributed by atoms with Gasteiger partial charge in [-0.2, -0.15) is 0 Å². The second-order valence-corrected chi connectivity index (χ2v) is 7.25. The number of nitrogens with zero attached hydrogens (tertiary/aromatic N) is 1. The van der Waals surface area contributed by atoms with E-state index in [1.54, 1.807) is 7.11 Å². The molecule has 1 aliphatic heterocycles. The summed E-state index contributed by atoms with van der Waals surface area (Å²) in [6, 6.07) is 5.89. The molecule has 2 rings (SSSR count). The highest BCUT2D eigenvalue weighted by Gasteiger charge is 2.35. The Morgan fingerprint density at radius 3 is 2.86 bits per heavy atom. The monoisotopic (exact) mass is 354 g/mol. The van der Waals surface area contributed by atoms with Crippen LogP contribution >= 0.6 is 15.9 Å². The van der Waals surface area contributed by atoms with E-state index in [0.29, 0.717) is 13.0 Å². The highest BCUT2D eigenvalue weighted by molar-refractivity contribution is 9.10. The number of nitrogens with two attached hydrogens (primary N) is 1. The van der Waals surface area contributed by atoms with E-state index in [4.69, 9.17) is 10.5 Å². The molecule has 2 N–H and O–H groups in total. The average Bonchev–Trinajstić information content (AvgIpc) is 2.42. The summed E-state index contributed by atoms with van der Waals surface area (Å²) in [6.07, 6.45) is 1.21. The third-order valence-corrected chi connectivity index (χ3v) is 4.74. The molecule has 0 aromatic heterocycles. The van der Waals surface area contributed by atoms with Crippen LogP contribution in [-0.2, 0) is 11.2 Å². The largest absolute Gasteiger partial charge is 0.496 e. The molecule has 116 valence electrons. The number of halogens is 1. The van der Waals surface area contributed by atoms with Crippen LogP contribution in [0.25, 0.3) is 0 Å². The van der Waals surface area contributed by atoms with Gasteiger partial charge in [-0.3, -0.25) is 4.79 Å². The minimum absolute atomic E-state index is 0.0325. The lowest BCUT2D eigenvalue weighted by atomic mass is 9.79. The number of likely N-dealkylation sites (tertiary alicyclic amines) is 1. The van der Waals surface area contributed by atoms with Crippen LogP contribution in [0.1, 0.15) is 25.8 Å². The van der Waals surface area contributed by atoms with Crippen molar-refractivity contribution in [1.82, 2.24) is 4.90 Å². The van der Waals surface area contributed by atoms with Gasteiger partial charge < -0.3 is 15.4 Å². The Morgan fingerprint density at radius 2 is 2.24 bits per heavy atom. The van der Waals surface area contributed by atoms with Gasteiger partial charge in [0, 0.05) is 29.2 Å². The summed E-state index contributed by atoms with van der Waals surface area (Å²) in [5.74, 6) is 0.880. The fraction of sp³-hybridized carbons (Fsp3) is 0.562. The number of amides is 1. The normalized spacial score (nSPS) is 21.2. The van der Waals surface area contributed by atoms with E-state index < -0.39 is 0 Å². The number of methoxy groups -OCH3 is 1. The third-order valence-electron chi connectivity index (χ3n) is 4.25. The lowest BCUT2D eigenvalue weighted by Crippen LogP contribution is -2.54. The quantitative estimate of drug-likeness (QED) is 0.907. The van der Waals surface area contributed by atoms with E-state index in [2.05, 4.69) is 29.8 Å². The lowest BCUT2D eigenvalue weighted by molar-refractivity contribution is -0.133. The van der Waals surface area contributed by atoms with Crippen LogP contribution in [-0.4, -0.2) is 37.0 Å². The van der Waals surface area contributed by atoms with Crippen molar-refractivity contribution in [1.29, 1.82) is 0 Å². The molecule has 4 nitrogen and oxygen atoms in total. The van der Waals surface area contributed by atoms with Crippen molar-refractivity contribution in [2.45, 2.75) is 32.7 Å². The van der Waals surface area contributed by atoms with Crippen LogP contribution in [0, 0.1) is 5.41 Å². The molecule has 1 unspecified atom stereocenters. The molecule has 21 heavy (non-hydrogen) atoms. The zero-order valence-corrected chi connectivity index (χ0v) is 14.4. The first kappa shape index (κ1) is 16.3. The summed E-state index contributed by atoms with van der Waals surface area (Å²) in [5, 5.41) is 0. The van der Waals surface area contributed by atoms with Crippen molar-refractivity contribution < 1.29 is 9.53 Å². The molecule has 0 radical (unpaired) electrons. The van der Waals surface area contributed by atoms with E-state index in [1.165, 1.54) is 0 Å². The van der Waals surface area contributed by atoms with Gasteiger partial charge in [0.05, 0.1) is 13.5 Å². The van der Waals surface area contributed by atoms with Gasteiger partial charge in [0.25, 0.3) is 0 Å². The number of hydrogen-bond acceptors (Lipinski definition) is 3. The number of piperidine rings is 1. The van der Waals surface area contributed by atoms with Crippen molar-refractivity contribution in [3.8, 4) is 5.75 Å². The summed E-state index contributed by atoms with van der Waals surface area (Å²) in [4.78, 5) is 14.5. The van der Waals surface area contributed by atoms with Crippen molar-refractivity contribution >= 4 is 21.8 Å². The number of carbonyl (C=O) groups is 1. The van der Waals surface area contributed by atoms with E-state index in [9.17, 15) is 4.79 Å². The molecular formula is C16H23BrN2O2. The van der Waals surface area contributed by atoms with Crippen LogP contribution in [0.15, 0.2) is 22.7 Å². The second kappa shape index (κ2) is 6.36. The SMILES string of the molecule is COc1ccc(Br)cc1CC(=O)N1CCC(N)C(C)(C)C1. The first-order valence-electron chi connectivity index (χ1n) is 7.19. The van der Waals surface area contributed by atoms with Gasteiger partial charge in [-0.15, -0.1) is 0 Å². The van der Waals surface area contributed by atoms with Gasteiger partial charge >= 0.3 is 0 Å². The zero-order chi connectivity index (χ0) is 15.6. The van der Waals surface area contributed by atoms with E-state index in [-0.39, 0.29) is 17.4 Å². The predicted molar refractivity (Wildman–Crippen MR) is 87.4 cm³/mol. The van der Waals surface area contributed by atoms with Gasteiger partial charge in [0.15, 0.2) is 0 Å². The highest BCUT2D eigenvalue weighted by atomic mass is 79.9. The summed E-state index contributed by atoms with van der Waals surface area (Å²) < 4.78 is 6.29. The third kappa shape index (κ3) is 3.77. The summed E-state index contributed by atoms with van der Waals surface area (Å²) in [6.45, 7) is 5.69. The van der Waals surface area contributed by atoms with E-state index in [0.717, 1.165) is 28.8 Å². The summed E-state index contributed by atoms with van der Waals surface area (Å²) in [7, 11) is 1.63. The first-order valence-corrected chi connectivity index (χ1v) is 7.98. The van der Waals surface area contributed by atoms with Crippen molar-refractivity contribution in [2.75, 3.05) is 20.2 Å². The van der Waals surface area contributed by atoms with Gasteiger partial charge in [-0.1, -0.05) is 29.8 Å². The topological polar surface area (TPSA) is 55.6 Å². The minimum Gasteiger partial charge on any atom is -0.496 e. The fourth-order valence-corrected chi connectivity index (χ4v) is 3.16. The Balaban J connectivity index is 2.10. The Labute approximate surface area is 134 Å². The zero-order valence-electron chi connectivity index (χ0n) is 12.9. The number of benzene rings is 1. The van der Waals surface area contributed by atoms with Gasteiger partial charge in [0.1, 0.15) is 5.75 Å². The molecule has 1 amide bonds. The summed E-state index contributed by atoms with van der Waals surface area (Å²) in [5.41, 5.74) is 7.00. The lowest BCUT2D eigenvalue weighted by Gasteiger charge is -2.42. The average molecular weight is 355 g/mol. The smallest absolute Gasteiger partial charge is 0.227 e. The number of rotatable bonds is 3. The Hall–Kier alpha value is -1.07. The predicted octanol–water partition coefficient (Wildman–Crippen LogP) is 2.59. The maximum atomic E-state index is 12.6. The number of ether oxygens (including phenoxy) is 1. The molecule has 1 fully saturated rings. The Kier molecular flexibility index (Phi) is 4.94. The van der Waals surface area contributed by atoms with Crippen LogP contribution < -0.4 is 10.5 Å². The van der Waals surface area contributed by atoms with Crippen molar-refractivity contribution in [3.63, 3.8) is 0 Å². The molecule has 1 aliphatic rings. The molecule has 5 heteroatoms. The minimum atomic E-state index is -0.0325. The summed E-state index contributed by atoms with van der Waals surface area (Å²) >= 11 is 3.44. The molecule has 0 aliphatic carbocycles. The number of hydrogen-bond donors (Lipinski definition) is 1. The van der Waals surface area contributed by atoms with E-state index in [1.807, 2.05) is 23.1 Å². The highest BCUT2D eigenvalue weighted by Crippen LogP contribution is 2.29. The van der Waals surface area contributed by atoms with Gasteiger partial charge in [-0.25, -0.2) is 0 Å². The Bertz CT molecular complexity index is 531. The molecule has 0 bridgehead atoms.